The van der Waals surface area contributed by atoms with E-state index in [1.807, 2.05) is 49.9 Å². The number of hydrogen-bond donors (Lipinski definition) is 1. The van der Waals surface area contributed by atoms with Crippen LogP contribution in [0, 0.1) is 12.8 Å². The Morgan fingerprint density at radius 1 is 1.21 bits per heavy atom. The van der Waals surface area contributed by atoms with E-state index in [0.717, 1.165) is 48.6 Å². The fourth-order valence-corrected chi connectivity index (χ4v) is 4.38. The van der Waals surface area contributed by atoms with Crippen molar-refractivity contribution in [2.24, 2.45) is 5.92 Å². The van der Waals surface area contributed by atoms with E-state index in [9.17, 15) is 9.59 Å². The number of nitrogens with zero attached hydrogens (tertiary/aromatic N) is 2. The third kappa shape index (κ3) is 5.19. The molecule has 1 saturated heterocycles. The monoisotopic (exact) mass is 399 g/mol. The predicted molar refractivity (Wildman–Crippen MR) is 113 cm³/mol. The molecule has 0 unspecified atom stereocenters. The number of piperidine rings is 1. The summed E-state index contributed by atoms with van der Waals surface area (Å²) < 4.78 is 0. The highest BCUT2D eigenvalue weighted by Gasteiger charge is 2.26. The number of amides is 2. The Morgan fingerprint density at radius 2 is 1.89 bits per heavy atom. The molecule has 1 aromatic carbocycles. The molecule has 1 aromatic heterocycles. The number of rotatable bonds is 6. The molecule has 28 heavy (non-hydrogen) atoms. The van der Waals surface area contributed by atoms with Gasteiger partial charge in [-0.2, -0.15) is 0 Å². The molecular weight excluding hydrogens is 370 g/mol. The van der Waals surface area contributed by atoms with Gasteiger partial charge in [0.25, 0.3) is 5.91 Å². The number of hydrogen-bond acceptors (Lipinski definition) is 4. The van der Waals surface area contributed by atoms with Crippen LogP contribution in [-0.2, 0) is 11.2 Å². The van der Waals surface area contributed by atoms with Crippen molar-refractivity contribution in [2.75, 3.05) is 19.6 Å². The molecule has 0 saturated carbocycles. The smallest absolute Gasteiger partial charge is 0.253 e. The molecule has 0 atom stereocenters. The number of nitrogens with one attached hydrogen (secondary N) is 1. The van der Waals surface area contributed by atoms with Crippen LogP contribution in [0.5, 0.6) is 0 Å². The van der Waals surface area contributed by atoms with Gasteiger partial charge in [-0.25, -0.2) is 4.98 Å². The predicted octanol–water partition coefficient (Wildman–Crippen LogP) is 3.79. The van der Waals surface area contributed by atoms with Gasteiger partial charge in [0.15, 0.2) is 0 Å². The fraction of sp³-hybridized carbons (Fsp3) is 0.500. The van der Waals surface area contributed by atoms with Gasteiger partial charge in [-0.15, -0.1) is 11.3 Å². The van der Waals surface area contributed by atoms with Gasteiger partial charge in [0.05, 0.1) is 10.7 Å². The van der Waals surface area contributed by atoms with Crippen LogP contribution in [0.15, 0.2) is 29.6 Å². The fourth-order valence-electron chi connectivity index (χ4n) is 3.35. The van der Waals surface area contributed by atoms with E-state index in [2.05, 4.69) is 10.7 Å². The Bertz CT molecular complexity index is 805. The maximum atomic E-state index is 12.7. The number of benzene rings is 1. The van der Waals surface area contributed by atoms with Crippen LogP contribution in [0.1, 0.15) is 59.2 Å². The summed E-state index contributed by atoms with van der Waals surface area (Å²) >= 11 is 1.70. The van der Waals surface area contributed by atoms with E-state index in [4.69, 9.17) is 4.98 Å². The lowest BCUT2D eigenvalue weighted by atomic mass is 9.97. The van der Waals surface area contributed by atoms with Gasteiger partial charge in [0, 0.05) is 48.8 Å². The first-order valence-electron chi connectivity index (χ1n) is 10.0. The molecule has 0 aliphatic carbocycles. The third-order valence-electron chi connectivity index (χ3n) is 5.20. The Labute approximate surface area is 171 Å². The average molecular weight is 400 g/mol. The van der Waals surface area contributed by atoms with E-state index < -0.39 is 0 Å². The van der Waals surface area contributed by atoms with E-state index in [-0.39, 0.29) is 17.7 Å². The van der Waals surface area contributed by atoms with Gasteiger partial charge < -0.3 is 10.2 Å². The van der Waals surface area contributed by atoms with Crippen LogP contribution < -0.4 is 5.32 Å². The summed E-state index contributed by atoms with van der Waals surface area (Å²) in [5.41, 5.74) is 2.98. The first-order chi connectivity index (χ1) is 13.4. The summed E-state index contributed by atoms with van der Waals surface area (Å²) in [5, 5.41) is 6.20. The first kappa shape index (κ1) is 20.5. The zero-order chi connectivity index (χ0) is 20.1. The molecule has 1 aliphatic rings. The lowest BCUT2D eigenvalue weighted by Crippen LogP contribution is -2.37. The molecule has 2 amide bonds. The van der Waals surface area contributed by atoms with Crippen molar-refractivity contribution in [2.45, 2.75) is 46.0 Å². The van der Waals surface area contributed by atoms with Crippen LogP contribution in [0.3, 0.4) is 0 Å². The molecule has 1 N–H and O–H groups in total. The van der Waals surface area contributed by atoms with E-state index in [1.54, 1.807) is 11.3 Å². The molecule has 0 radical (unpaired) electrons. The summed E-state index contributed by atoms with van der Waals surface area (Å²) in [6.07, 6.45) is 2.67. The van der Waals surface area contributed by atoms with Crippen LogP contribution >= 0.6 is 11.3 Å². The van der Waals surface area contributed by atoms with Crippen molar-refractivity contribution in [1.82, 2.24) is 15.2 Å². The molecule has 1 fully saturated rings. The minimum Gasteiger partial charge on any atom is -0.355 e. The van der Waals surface area contributed by atoms with Crippen LogP contribution in [-0.4, -0.2) is 41.3 Å². The summed E-state index contributed by atoms with van der Waals surface area (Å²) in [7, 11) is 0. The lowest BCUT2D eigenvalue weighted by molar-refractivity contribution is -0.123. The average Bonchev–Trinajstić information content (AvgIpc) is 3.17. The maximum absolute atomic E-state index is 12.7. The van der Waals surface area contributed by atoms with Crippen molar-refractivity contribution >= 4 is 23.2 Å². The highest BCUT2D eigenvalue weighted by molar-refractivity contribution is 7.09. The van der Waals surface area contributed by atoms with E-state index in [1.165, 1.54) is 5.56 Å². The second kappa shape index (κ2) is 9.32. The number of aromatic nitrogens is 1. The highest BCUT2D eigenvalue weighted by Crippen LogP contribution is 2.31. The van der Waals surface area contributed by atoms with Crippen LogP contribution in [0.2, 0.25) is 0 Å². The standard InChI is InChI=1S/C22H29N3O2S/c1-15(2)20(26)23-11-8-19-14-28-21(24-19)17-9-12-25(13-10-17)22(27)18-6-4-16(3)5-7-18/h4-7,14-15,17H,8-13H2,1-3H3,(H,23,26). The van der Waals surface area contributed by atoms with Crippen molar-refractivity contribution in [1.29, 1.82) is 0 Å². The molecule has 2 heterocycles. The van der Waals surface area contributed by atoms with Crippen LogP contribution in [0.4, 0.5) is 0 Å². The zero-order valence-corrected chi connectivity index (χ0v) is 17.7. The molecule has 0 spiro atoms. The second-order valence-corrected chi connectivity index (χ2v) is 8.69. The zero-order valence-electron chi connectivity index (χ0n) is 16.9. The molecule has 5 nitrogen and oxygen atoms in total. The minimum atomic E-state index is 0.0128. The molecule has 150 valence electrons. The van der Waals surface area contributed by atoms with Crippen molar-refractivity contribution in [3.8, 4) is 0 Å². The summed E-state index contributed by atoms with van der Waals surface area (Å²) in [6.45, 7) is 8.00. The number of aryl methyl sites for hydroxylation is 1. The number of likely N-dealkylation sites (tertiary alicyclic amines) is 1. The van der Waals surface area contributed by atoms with Crippen LogP contribution in [0.25, 0.3) is 0 Å². The summed E-state index contributed by atoms with van der Waals surface area (Å²) in [4.78, 5) is 31.0. The van der Waals surface area contributed by atoms with Gasteiger partial charge in [0.1, 0.15) is 0 Å². The van der Waals surface area contributed by atoms with Gasteiger partial charge in [-0.1, -0.05) is 31.5 Å². The Kier molecular flexibility index (Phi) is 6.83. The Balaban J connectivity index is 1.48. The SMILES string of the molecule is Cc1ccc(C(=O)N2CCC(c3nc(CCNC(=O)C(C)C)cs3)CC2)cc1. The Morgan fingerprint density at radius 3 is 2.54 bits per heavy atom. The largest absolute Gasteiger partial charge is 0.355 e. The van der Waals surface area contributed by atoms with E-state index in [0.29, 0.717) is 12.5 Å². The Hall–Kier alpha value is -2.21. The topological polar surface area (TPSA) is 62.3 Å². The van der Waals surface area contributed by atoms with Gasteiger partial charge in [-0.05, 0) is 31.9 Å². The van der Waals surface area contributed by atoms with Gasteiger partial charge >= 0.3 is 0 Å². The normalized spacial score (nSPS) is 15.1. The summed E-state index contributed by atoms with van der Waals surface area (Å²) in [5.74, 6) is 0.644. The minimum absolute atomic E-state index is 0.0128. The quantitative estimate of drug-likeness (QED) is 0.804. The number of carbonyl (C=O) groups excluding carboxylic acids is 2. The van der Waals surface area contributed by atoms with Gasteiger partial charge in [0.2, 0.25) is 5.91 Å². The number of thiazole rings is 1. The first-order valence-corrected chi connectivity index (χ1v) is 10.9. The molecule has 2 aromatic rings. The molecular formula is C22H29N3O2S. The molecule has 3 rings (SSSR count). The van der Waals surface area contributed by atoms with Crippen molar-refractivity contribution < 1.29 is 9.59 Å². The van der Waals surface area contributed by atoms with Crippen molar-refractivity contribution in [3.63, 3.8) is 0 Å². The molecule has 0 bridgehead atoms. The highest BCUT2D eigenvalue weighted by atomic mass is 32.1. The molecule has 1 aliphatic heterocycles. The maximum Gasteiger partial charge on any atom is 0.253 e. The lowest BCUT2D eigenvalue weighted by Gasteiger charge is -2.31. The summed E-state index contributed by atoms with van der Waals surface area (Å²) in [6, 6.07) is 7.80. The third-order valence-corrected chi connectivity index (χ3v) is 6.26. The molecule has 6 heteroatoms. The second-order valence-electron chi connectivity index (χ2n) is 7.81. The number of carbonyl (C=O) groups is 2. The van der Waals surface area contributed by atoms with Gasteiger partial charge in [-0.3, -0.25) is 9.59 Å². The van der Waals surface area contributed by atoms with Crippen molar-refractivity contribution in [3.05, 3.63) is 51.5 Å². The van der Waals surface area contributed by atoms with E-state index >= 15 is 0 Å².